The number of imide groups is 1. The van der Waals surface area contributed by atoms with Gasteiger partial charge in [-0.25, -0.2) is 0 Å². The summed E-state index contributed by atoms with van der Waals surface area (Å²) in [7, 11) is 1.62. The molecule has 1 fully saturated rings. The molecule has 2 aromatic rings. The average Bonchev–Trinajstić information content (AvgIpc) is 2.95. The Bertz CT molecular complexity index is 1020. The van der Waals surface area contributed by atoms with Gasteiger partial charge in [0.2, 0.25) is 17.7 Å². The quantitative estimate of drug-likeness (QED) is 0.584. The molecule has 172 valence electrons. The maximum Gasteiger partial charge on any atom is 0.242 e. The highest BCUT2D eigenvalue weighted by Gasteiger charge is 2.50. The van der Waals surface area contributed by atoms with Crippen LogP contribution in [0, 0.1) is 11.8 Å². The van der Waals surface area contributed by atoms with Crippen LogP contribution in [0.4, 0.5) is 0 Å². The molecule has 0 saturated carbocycles. The molecule has 1 saturated heterocycles. The van der Waals surface area contributed by atoms with E-state index in [1.807, 2.05) is 36.4 Å². The number of carbonyl (C=O) groups is 3. The second-order valence-corrected chi connectivity index (χ2v) is 9.81. The third-order valence-corrected chi connectivity index (χ3v) is 6.02. The molecule has 0 aliphatic carbocycles. The zero-order valence-corrected chi connectivity index (χ0v) is 20.0. The number of amides is 3. The predicted octanol–water partition coefficient (Wildman–Crippen LogP) is 4.01. The molecule has 0 spiro atoms. The van der Waals surface area contributed by atoms with Gasteiger partial charge in [-0.05, 0) is 47.2 Å². The molecule has 3 rings (SSSR count). The first-order valence-corrected chi connectivity index (χ1v) is 11.3. The number of ether oxygens (including phenoxy) is 1. The van der Waals surface area contributed by atoms with E-state index in [2.05, 4.69) is 27.7 Å². The Balaban J connectivity index is 1.84. The monoisotopic (exact) mass is 438 g/mol. The van der Waals surface area contributed by atoms with Crippen molar-refractivity contribution < 1.29 is 19.1 Å². The van der Waals surface area contributed by atoms with Crippen molar-refractivity contribution in [3.05, 3.63) is 42.0 Å². The Labute approximate surface area is 190 Å². The Kier molecular flexibility index (Phi) is 6.91. The van der Waals surface area contributed by atoms with Crippen molar-refractivity contribution in [3.8, 4) is 5.75 Å². The first-order valence-electron chi connectivity index (χ1n) is 11.3. The largest absolute Gasteiger partial charge is 0.497 e. The fraction of sp³-hybridized carbons (Fsp3) is 0.500. The smallest absolute Gasteiger partial charge is 0.242 e. The van der Waals surface area contributed by atoms with E-state index in [0.717, 1.165) is 27.0 Å². The number of hydrogen-bond acceptors (Lipinski definition) is 4. The van der Waals surface area contributed by atoms with Gasteiger partial charge in [-0.1, -0.05) is 52.0 Å². The Morgan fingerprint density at radius 2 is 1.62 bits per heavy atom. The van der Waals surface area contributed by atoms with E-state index < -0.39 is 5.41 Å². The van der Waals surface area contributed by atoms with Crippen LogP contribution in [0.5, 0.6) is 5.75 Å². The maximum atomic E-state index is 13.4. The molecule has 1 aliphatic rings. The number of carbonyl (C=O) groups excluding carboxylic acids is 3. The van der Waals surface area contributed by atoms with Gasteiger partial charge in [0.1, 0.15) is 12.3 Å². The summed E-state index contributed by atoms with van der Waals surface area (Å²) in [5.41, 5.74) is -0.198. The van der Waals surface area contributed by atoms with Crippen LogP contribution in [-0.2, 0) is 19.8 Å². The standard InChI is InChI=1S/C26H34N2O4/c1-17(2)14-27(15-18(3)4)24(30)16-28-23(29)13-26(5,25(28)31)21-9-7-20-12-22(32-6)10-8-19(20)11-21/h7-12,17-18H,13-16H2,1-6H3. The van der Waals surface area contributed by atoms with Gasteiger partial charge in [0.05, 0.1) is 12.5 Å². The minimum Gasteiger partial charge on any atom is -0.497 e. The maximum absolute atomic E-state index is 13.4. The van der Waals surface area contributed by atoms with Crippen LogP contribution >= 0.6 is 0 Å². The zero-order valence-electron chi connectivity index (χ0n) is 20.0. The minimum absolute atomic E-state index is 0.0646. The summed E-state index contributed by atoms with van der Waals surface area (Å²) in [4.78, 5) is 42.2. The predicted molar refractivity (Wildman–Crippen MR) is 125 cm³/mol. The number of methoxy groups -OCH3 is 1. The summed E-state index contributed by atoms with van der Waals surface area (Å²) in [6.45, 7) is 11.0. The van der Waals surface area contributed by atoms with Gasteiger partial charge in [0.25, 0.3) is 0 Å². The highest BCUT2D eigenvalue weighted by molar-refractivity contribution is 6.11. The first kappa shape index (κ1) is 23.8. The molecule has 0 aromatic heterocycles. The zero-order chi connectivity index (χ0) is 23.6. The number of nitrogens with zero attached hydrogens (tertiary/aromatic N) is 2. The number of hydrogen-bond donors (Lipinski definition) is 0. The molecular weight excluding hydrogens is 404 g/mol. The second-order valence-electron chi connectivity index (χ2n) is 9.81. The number of fused-ring (bicyclic) bond motifs is 1. The molecule has 1 atom stereocenters. The fourth-order valence-electron chi connectivity index (χ4n) is 4.36. The average molecular weight is 439 g/mol. The molecular formula is C26H34N2O4. The summed E-state index contributed by atoms with van der Waals surface area (Å²) in [5, 5.41) is 1.97. The van der Waals surface area contributed by atoms with Crippen molar-refractivity contribution in [1.82, 2.24) is 9.80 Å². The SMILES string of the molecule is COc1ccc2cc(C3(C)CC(=O)N(CC(=O)N(CC(C)C)CC(C)C)C3=O)ccc2c1. The Morgan fingerprint density at radius 1 is 1.03 bits per heavy atom. The highest BCUT2D eigenvalue weighted by Crippen LogP contribution is 2.38. The van der Waals surface area contributed by atoms with E-state index >= 15 is 0 Å². The van der Waals surface area contributed by atoms with E-state index in [4.69, 9.17) is 4.74 Å². The molecule has 0 bridgehead atoms. The summed E-state index contributed by atoms with van der Waals surface area (Å²) < 4.78 is 5.28. The van der Waals surface area contributed by atoms with Crippen molar-refractivity contribution in [1.29, 1.82) is 0 Å². The molecule has 32 heavy (non-hydrogen) atoms. The lowest BCUT2D eigenvalue weighted by molar-refractivity contribution is -0.146. The van der Waals surface area contributed by atoms with Crippen LogP contribution in [0.3, 0.4) is 0 Å². The van der Waals surface area contributed by atoms with E-state index in [0.29, 0.717) is 24.9 Å². The lowest BCUT2D eigenvalue weighted by Crippen LogP contribution is -2.46. The van der Waals surface area contributed by atoms with Gasteiger partial charge in [0, 0.05) is 19.5 Å². The Hall–Kier alpha value is -2.89. The summed E-state index contributed by atoms with van der Waals surface area (Å²) >= 11 is 0. The van der Waals surface area contributed by atoms with Crippen LogP contribution in [-0.4, -0.2) is 54.3 Å². The third kappa shape index (κ3) is 4.79. The summed E-state index contributed by atoms with van der Waals surface area (Å²) in [6.07, 6.45) is 0.0646. The molecule has 1 heterocycles. The van der Waals surface area contributed by atoms with Gasteiger partial charge in [-0.15, -0.1) is 0 Å². The molecule has 3 amide bonds. The van der Waals surface area contributed by atoms with Crippen molar-refractivity contribution in [2.75, 3.05) is 26.7 Å². The molecule has 2 aromatic carbocycles. The van der Waals surface area contributed by atoms with E-state index in [1.165, 1.54) is 0 Å². The lowest BCUT2D eigenvalue weighted by Gasteiger charge is -2.28. The molecule has 1 unspecified atom stereocenters. The van der Waals surface area contributed by atoms with E-state index in [1.54, 1.807) is 18.9 Å². The molecule has 6 nitrogen and oxygen atoms in total. The number of likely N-dealkylation sites (tertiary alicyclic amines) is 1. The molecule has 0 N–H and O–H groups in total. The van der Waals surface area contributed by atoms with E-state index in [9.17, 15) is 14.4 Å². The number of benzene rings is 2. The first-order chi connectivity index (χ1) is 15.0. The third-order valence-electron chi connectivity index (χ3n) is 6.02. The van der Waals surface area contributed by atoms with Crippen LogP contribution in [0.15, 0.2) is 36.4 Å². The van der Waals surface area contributed by atoms with Gasteiger partial charge < -0.3 is 9.64 Å². The van der Waals surface area contributed by atoms with Crippen LogP contribution in [0.2, 0.25) is 0 Å². The summed E-state index contributed by atoms with van der Waals surface area (Å²) in [6, 6.07) is 11.5. The molecule has 0 radical (unpaired) electrons. The van der Waals surface area contributed by atoms with Gasteiger partial charge in [0.15, 0.2) is 0 Å². The van der Waals surface area contributed by atoms with E-state index in [-0.39, 0.29) is 30.7 Å². The van der Waals surface area contributed by atoms with Gasteiger partial charge >= 0.3 is 0 Å². The minimum atomic E-state index is -0.980. The summed E-state index contributed by atoms with van der Waals surface area (Å²) in [5.74, 6) is 0.602. The van der Waals surface area contributed by atoms with Crippen molar-refractivity contribution >= 4 is 28.5 Å². The van der Waals surface area contributed by atoms with Crippen LogP contribution in [0.1, 0.15) is 46.6 Å². The normalized spacial score (nSPS) is 18.8. The lowest BCUT2D eigenvalue weighted by atomic mass is 9.80. The number of rotatable bonds is 8. The molecule has 6 heteroatoms. The van der Waals surface area contributed by atoms with Crippen LogP contribution < -0.4 is 4.74 Å². The highest BCUT2D eigenvalue weighted by atomic mass is 16.5. The van der Waals surface area contributed by atoms with Gasteiger partial charge in [-0.2, -0.15) is 0 Å². The topological polar surface area (TPSA) is 66.9 Å². The molecule has 1 aliphatic heterocycles. The van der Waals surface area contributed by atoms with Crippen molar-refractivity contribution in [2.45, 2.75) is 46.5 Å². The Morgan fingerprint density at radius 3 is 2.22 bits per heavy atom. The second kappa shape index (κ2) is 9.31. The van der Waals surface area contributed by atoms with Crippen molar-refractivity contribution in [3.63, 3.8) is 0 Å². The fourth-order valence-corrected chi connectivity index (χ4v) is 4.36. The van der Waals surface area contributed by atoms with Gasteiger partial charge in [-0.3, -0.25) is 19.3 Å². The van der Waals surface area contributed by atoms with Crippen LogP contribution in [0.25, 0.3) is 10.8 Å². The van der Waals surface area contributed by atoms with Crippen molar-refractivity contribution in [2.24, 2.45) is 11.8 Å².